The molecule has 25 heavy (non-hydrogen) atoms. The maximum Gasteiger partial charge on any atom is 0.254 e. The Morgan fingerprint density at radius 2 is 1.76 bits per heavy atom. The Morgan fingerprint density at radius 3 is 2.32 bits per heavy atom. The van der Waals surface area contributed by atoms with Gasteiger partial charge in [0.1, 0.15) is 0 Å². The predicted octanol–water partition coefficient (Wildman–Crippen LogP) is 2.20. The van der Waals surface area contributed by atoms with E-state index in [0.717, 1.165) is 52.1 Å². The second kappa shape index (κ2) is 7.34. The number of rotatable bonds is 4. The molecule has 2 aliphatic heterocycles. The first kappa shape index (κ1) is 18.2. The van der Waals surface area contributed by atoms with Crippen molar-refractivity contribution in [1.29, 1.82) is 0 Å². The molecule has 5 heteroatoms. The second-order valence-corrected chi connectivity index (χ2v) is 7.78. The number of piperazine rings is 1. The van der Waals surface area contributed by atoms with E-state index in [1.807, 2.05) is 17.0 Å². The van der Waals surface area contributed by atoms with Gasteiger partial charge >= 0.3 is 0 Å². The third-order valence-electron chi connectivity index (χ3n) is 5.63. The van der Waals surface area contributed by atoms with Crippen molar-refractivity contribution in [1.82, 2.24) is 9.80 Å². The molecule has 138 valence electrons. The van der Waals surface area contributed by atoms with Gasteiger partial charge in [-0.2, -0.15) is 0 Å². The number of anilines is 1. The number of likely N-dealkylation sites (tertiary alicyclic amines) is 1. The van der Waals surface area contributed by atoms with E-state index in [-0.39, 0.29) is 11.9 Å². The lowest BCUT2D eigenvalue weighted by Gasteiger charge is -2.36. The Hall–Kier alpha value is -1.59. The molecule has 0 spiro atoms. The van der Waals surface area contributed by atoms with Gasteiger partial charge in [-0.25, -0.2) is 0 Å². The topological polar surface area (TPSA) is 47.0 Å². The number of aliphatic hydroxyl groups is 1. The first-order valence-corrected chi connectivity index (χ1v) is 9.51. The lowest BCUT2D eigenvalue weighted by molar-refractivity contribution is 0.000337. The fourth-order valence-electron chi connectivity index (χ4n) is 4.05. The normalized spacial score (nSPS) is 22.5. The number of carbonyl (C=O) groups excluding carboxylic acids is 1. The van der Waals surface area contributed by atoms with Crippen molar-refractivity contribution in [2.24, 2.45) is 0 Å². The molecule has 0 saturated carbocycles. The van der Waals surface area contributed by atoms with Crippen molar-refractivity contribution >= 4 is 11.6 Å². The van der Waals surface area contributed by atoms with E-state index in [1.165, 1.54) is 5.69 Å². The van der Waals surface area contributed by atoms with E-state index in [4.69, 9.17) is 0 Å². The molecule has 0 aliphatic carbocycles. The largest absolute Gasteiger partial charge is 0.388 e. The highest BCUT2D eigenvalue weighted by atomic mass is 16.3. The van der Waals surface area contributed by atoms with Crippen molar-refractivity contribution in [3.05, 3.63) is 29.8 Å². The third kappa shape index (κ3) is 3.98. The Labute approximate surface area is 151 Å². The SMILES string of the molecule is CCN1CCN(c2ccc(C(=O)N3CCCC3C(C)(C)O)cc2)CC1. The number of amides is 1. The van der Waals surface area contributed by atoms with Gasteiger partial charge in [-0.1, -0.05) is 6.92 Å². The van der Waals surface area contributed by atoms with Gasteiger partial charge in [-0.3, -0.25) is 4.79 Å². The summed E-state index contributed by atoms with van der Waals surface area (Å²) in [4.78, 5) is 19.6. The molecule has 2 fully saturated rings. The first-order valence-electron chi connectivity index (χ1n) is 9.51. The summed E-state index contributed by atoms with van der Waals surface area (Å²) in [7, 11) is 0. The quantitative estimate of drug-likeness (QED) is 0.909. The molecule has 1 amide bonds. The van der Waals surface area contributed by atoms with Gasteiger partial charge in [0.05, 0.1) is 11.6 Å². The molecule has 1 atom stereocenters. The zero-order valence-electron chi connectivity index (χ0n) is 15.7. The van der Waals surface area contributed by atoms with Gasteiger partial charge in [-0.15, -0.1) is 0 Å². The molecule has 0 radical (unpaired) electrons. The van der Waals surface area contributed by atoms with Gasteiger partial charge in [0.25, 0.3) is 5.91 Å². The summed E-state index contributed by atoms with van der Waals surface area (Å²) in [5, 5.41) is 10.3. The van der Waals surface area contributed by atoms with E-state index >= 15 is 0 Å². The highest BCUT2D eigenvalue weighted by molar-refractivity contribution is 5.95. The van der Waals surface area contributed by atoms with Gasteiger partial charge in [0.15, 0.2) is 0 Å². The Bertz CT molecular complexity index is 586. The summed E-state index contributed by atoms with van der Waals surface area (Å²) >= 11 is 0. The molecule has 1 unspecified atom stereocenters. The lowest BCUT2D eigenvalue weighted by atomic mass is 9.96. The lowest BCUT2D eigenvalue weighted by Crippen LogP contribution is -2.48. The predicted molar refractivity (Wildman–Crippen MR) is 101 cm³/mol. The van der Waals surface area contributed by atoms with E-state index in [9.17, 15) is 9.90 Å². The smallest absolute Gasteiger partial charge is 0.254 e. The Morgan fingerprint density at radius 1 is 1.12 bits per heavy atom. The molecular weight excluding hydrogens is 314 g/mol. The van der Waals surface area contributed by atoms with E-state index in [2.05, 4.69) is 28.9 Å². The minimum Gasteiger partial charge on any atom is -0.388 e. The fourth-order valence-corrected chi connectivity index (χ4v) is 4.05. The van der Waals surface area contributed by atoms with Crippen molar-refractivity contribution in [3.63, 3.8) is 0 Å². The fraction of sp³-hybridized carbons (Fsp3) is 0.650. The van der Waals surface area contributed by atoms with Crippen LogP contribution in [0.2, 0.25) is 0 Å². The molecule has 2 saturated heterocycles. The number of likely N-dealkylation sites (N-methyl/N-ethyl adjacent to an activating group) is 1. The van der Waals surface area contributed by atoms with Gasteiger partial charge in [-0.05, 0) is 57.5 Å². The van der Waals surface area contributed by atoms with Crippen LogP contribution in [0.5, 0.6) is 0 Å². The summed E-state index contributed by atoms with van der Waals surface area (Å²) in [6, 6.07) is 7.89. The first-order chi connectivity index (χ1) is 11.9. The molecule has 1 N–H and O–H groups in total. The van der Waals surface area contributed by atoms with E-state index < -0.39 is 5.60 Å². The van der Waals surface area contributed by atoms with Crippen LogP contribution in [-0.4, -0.2) is 71.7 Å². The van der Waals surface area contributed by atoms with Gasteiger partial charge in [0, 0.05) is 44.0 Å². The van der Waals surface area contributed by atoms with Crippen LogP contribution in [0.15, 0.2) is 24.3 Å². The monoisotopic (exact) mass is 345 g/mol. The summed E-state index contributed by atoms with van der Waals surface area (Å²) in [5.74, 6) is 0.0342. The number of carbonyl (C=O) groups is 1. The third-order valence-corrected chi connectivity index (χ3v) is 5.63. The maximum absolute atomic E-state index is 12.9. The van der Waals surface area contributed by atoms with E-state index in [0.29, 0.717) is 5.56 Å². The molecule has 0 bridgehead atoms. The van der Waals surface area contributed by atoms with Crippen LogP contribution in [0, 0.1) is 0 Å². The molecule has 5 nitrogen and oxygen atoms in total. The molecule has 0 aromatic heterocycles. The van der Waals surface area contributed by atoms with Crippen LogP contribution in [0.4, 0.5) is 5.69 Å². The number of hydrogen-bond acceptors (Lipinski definition) is 4. The Balaban J connectivity index is 1.67. The summed E-state index contributed by atoms with van der Waals surface area (Å²) in [5.41, 5.74) is 1.05. The summed E-state index contributed by atoms with van der Waals surface area (Å²) < 4.78 is 0. The van der Waals surface area contributed by atoms with Crippen LogP contribution in [-0.2, 0) is 0 Å². The van der Waals surface area contributed by atoms with Crippen LogP contribution >= 0.6 is 0 Å². The molecular formula is C20H31N3O2. The minimum absolute atomic E-state index is 0.0342. The molecule has 2 aliphatic rings. The molecule has 3 rings (SSSR count). The van der Waals surface area contributed by atoms with Crippen molar-refractivity contribution in [2.45, 2.75) is 45.3 Å². The van der Waals surface area contributed by atoms with Crippen LogP contribution in [0.3, 0.4) is 0 Å². The summed E-state index contributed by atoms with van der Waals surface area (Å²) in [6.07, 6.45) is 1.83. The average molecular weight is 345 g/mol. The zero-order chi connectivity index (χ0) is 18.0. The van der Waals surface area contributed by atoms with Crippen LogP contribution in [0.1, 0.15) is 44.0 Å². The number of benzene rings is 1. The maximum atomic E-state index is 12.9. The molecule has 1 aromatic carbocycles. The van der Waals surface area contributed by atoms with E-state index in [1.54, 1.807) is 13.8 Å². The standard InChI is InChI=1S/C20H31N3O2/c1-4-21-12-14-22(15-13-21)17-9-7-16(8-10-17)19(24)23-11-5-6-18(23)20(2,3)25/h7-10,18,25H,4-6,11-15H2,1-3H3. The Kier molecular flexibility index (Phi) is 5.35. The molecule has 1 aromatic rings. The van der Waals surface area contributed by atoms with Crippen molar-refractivity contribution in [2.75, 3.05) is 44.2 Å². The van der Waals surface area contributed by atoms with Crippen molar-refractivity contribution in [3.8, 4) is 0 Å². The van der Waals surface area contributed by atoms with Gasteiger partial charge in [0.2, 0.25) is 0 Å². The minimum atomic E-state index is -0.856. The zero-order valence-corrected chi connectivity index (χ0v) is 15.7. The number of hydrogen-bond donors (Lipinski definition) is 1. The van der Waals surface area contributed by atoms with Crippen molar-refractivity contribution < 1.29 is 9.90 Å². The van der Waals surface area contributed by atoms with Crippen LogP contribution in [0.25, 0.3) is 0 Å². The summed E-state index contributed by atoms with van der Waals surface area (Å²) in [6.45, 7) is 11.9. The van der Waals surface area contributed by atoms with Crippen LogP contribution < -0.4 is 4.90 Å². The van der Waals surface area contributed by atoms with Gasteiger partial charge < -0.3 is 19.8 Å². The highest BCUT2D eigenvalue weighted by Crippen LogP contribution is 2.28. The average Bonchev–Trinajstić information content (AvgIpc) is 3.11. The molecule has 2 heterocycles. The highest BCUT2D eigenvalue weighted by Gasteiger charge is 2.38. The number of nitrogens with zero attached hydrogens (tertiary/aromatic N) is 3. The second-order valence-electron chi connectivity index (χ2n) is 7.78.